The highest BCUT2D eigenvalue weighted by Crippen LogP contribution is 2.77. The lowest BCUT2D eigenvalue weighted by atomic mass is 9.32. The Bertz CT molecular complexity index is 1280. The smallest absolute Gasteiger partial charge is 0.333 e. The van der Waals surface area contributed by atoms with Crippen LogP contribution in [0.1, 0.15) is 100 Å². The molecule has 2 aliphatic heterocycles. The number of ketones is 1. The first-order chi connectivity index (χ1) is 19.5. The van der Waals surface area contributed by atoms with Gasteiger partial charge < -0.3 is 19.7 Å². The van der Waals surface area contributed by atoms with Gasteiger partial charge >= 0.3 is 11.9 Å². The highest BCUT2D eigenvalue weighted by molar-refractivity contribution is 5.96. The number of fused-ring (bicyclic) bond motifs is 7. The summed E-state index contributed by atoms with van der Waals surface area (Å²) in [5.74, 6) is -2.82. The third-order valence-corrected chi connectivity index (χ3v) is 14.6. The Kier molecular flexibility index (Phi) is 6.46. The van der Waals surface area contributed by atoms with E-state index in [1.54, 1.807) is 19.9 Å². The van der Waals surface area contributed by atoms with Crippen molar-refractivity contribution in [2.45, 2.75) is 112 Å². The molecule has 7 aliphatic rings. The highest BCUT2D eigenvalue weighted by Gasteiger charge is 2.76. The molecule has 4 saturated carbocycles. The van der Waals surface area contributed by atoms with Crippen molar-refractivity contribution in [1.82, 2.24) is 0 Å². The van der Waals surface area contributed by atoms with E-state index in [1.165, 1.54) is 0 Å². The van der Waals surface area contributed by atoms with E-state index in [-0.39, 0.29) is 45.7 Å². The van der Waals surface area contributed by atoms with Crippen molar-refractivity contribution in [2.75, 3.05) is 6.61 Å². The van der Waals surface area contributed by atoms with Gasteiger partial charge in [-0.15, -0.1) is 0 Å². The van der Waals surface area contributed by atoms with Crippen molar-refractivity contribution in [2.24, 2.45) is 56.7 Å². The number of hydrogen-bond acceptors (Lipinski definition) is 6. The Balaban J connectivity index is 1.49. The van der Waals surface area contributed by atoms with E-state index in [0.717, 1.165) is 24.8 Å². The van der Waals surface area contributed by atoms with Crippen LogP contribution in [0, 0.1) is 56.7 Å². The summed E-state index contributed by atoms with van der Waals surface area (Å²) < 4.78 is 12.3. The van der Waals surface area contributed by atoms with Crippen molar-refractivity contribution in [3.8, 4) is 0 Å². The molecule has 11 atom stereocenters. The molecule has 0 radical (unpaired) electrons. The van der Waals surface area contributed by atoms with E-state index < -0.39 is 40.6 Å². The molecule has 0 unspecified atom stereocenters. The fourth-order valence-electron chi connectivity index (χ4n) is 11.6. The minimum Gasteiger partial charge on any atom is -0.481 e. The van der Waals surface area contributed by atoms with Gasteiger partial charge in [0.05, 0.1) is 6.61 Å². The summed E-state index contributed by atoms with van der Waals surface area (Å²) in [5, 5.41) is 22.4. The topological polar surface area (TPSA) is 110 Å². The number of aliphatic hydroxyl groups is 1. The number of carboxylic acids is 1. The molecular weight excluding hydrogens is 532 g/mol. The molecule has 6 fully saturated rings. The van der Waals surface area contributed by atoms with E-state index in [9.17, 15) is 24.6 Å². The summed E-state index contributed by atoms with van der Waals surface area (Å²) in [6, 6.07) is 0. The van der Waals surface area contributed by atoms with E-state index >= 15 is 0 Å². The Hall–Kier alpha value is -1.99. The second kappa shape index (κ2) is 9.03. The van der Waals surface area contributed by atoms with Gasteiger partial charge in [0.15, 0.2) is 11.6 Å². The Labute approximate surface area is 250 Å². The molecule has 0 aromatic carbocycles. The molecule has 42 heavy (non-hydrogen) atoms. The summed E-state index contributed by atoms with van der Waals surface area (Å²) in [7, 11) is 0. The van der Waals surface area contributed by atoms with E-state index in [1.807, 2.05) is 6.08 Å². The van der Waals surface area contributed by atoms with Crippen LogP contribution in [0.3, 0.4) is 0 Å². The Morgan fingerprint density at radius 3 is 2.36 bits per heavy atom. The fraction of sp³-hybridized carbons (Fsp3) is 0.800. The first-order valence-corrected chi connectivity index (χ1v) is 16.2. The van der Waals surface area contributed by atoms with Crippen LogP contribution in [0.4, 0.5) is 0 Å². The van der Waals surface area contributed by atoms with Gasteiger partial charge in [-0.1, -0.05) is 53.2 Å². The number of esters is 1. The van der Waals surface area contributed by atoms with Crippen molar-refractivity contribution in [3.63, 3.8) is 0 Å². The first kappa shape index (κ1) is 30.1. The summed E-state index contributed by atoms with van der Waals surface area (Å²) in [4.78, 5) is 41.1. The fourth-order valence-corrected chi connectivity index (χ4v) is 11.6. The maximum absolute atomic E-state index is 14.6. The maximum Gasteiger partial charge on any atom is 0.333 e. The molecule has 2 heterocycles. The second-order valence-electron chi connectivity index (χ2n) is 16.1. The standard InChI is InChI=1S/C35H50O7/c1-9-19(2)28(37)42-25-16-20(3)21(4)26-22-17-23(36)27-32(8,31(22,7)12-14-34(25,26)29(38)39)11-10-24-30(5,6)35(40)15-13-33(24,27)18-41-35/h9,17,20-21,24-27,40H,10-16,18H2,1-8H3,(H,38,39)/b19-9-/t20-,21+,24+,25-,26+,27+,31-,32-,33-,34-,35-/m1/s1. The molecule has 7 nitrogen and oxygen atoms in total. The van der Waals surface area contributed by atoms with Crippen LogP contribution in [-0.2, 0) is 23.9 Å². The van der Waals surface area contributed by atoms with Crippen LogP contribution in [0.5, 0.6) is 0 Å². The molecule has 2 N–H and O–H groups in total. The van der Waals surface area contributed by atoms with E-state index in [4.69, 9.17) is 9.47 Å². The van der Waals surface area contributed by atoms with Gasteiger partial charge in [-0.3, -0.25) is 9.59 Å². The average molecular weight is 583 g/mol. The number of allylic oxidation sites excluding steroid dienone is 3. The third-order valence-electron chi connectivity index (χ3n) is 14.6. The largest absolute Gasteiger partial charge is 0.481 e. The third kappa shape index (κ3) is 3.33. The number of hydrogen-bond donors (Lipinski definition) is 2. The number of carbonyl (C=O) groups is 3. The molecule has 0 aromatic rings. The van der Waals surface area contributed by atoms with Gasteiger partial charge in [0.1, 0.15) is 11.5 Å². The van der Waals surface area contributed by atoms with Crippen LogP contribution in [0.25, 0.3) is 0 Å². The molecule has 2 saturated heterocycles. The molecule has 1 spiro atoms. The number of carboxylic acid groups (broad SMARTS) is 1. The summed E-state index contributed by atoms with van der Waals surface area (Å²) in [6.45, 7) is 16.9. The second-order valence-corrected chi connectivity index (χ2v) is 16.1. The average Bonchev–Trinajstić information content (AvgIpc) is 2.92. The predicted octanol–water partition coefficient (Wildman–Crippen LogP) is 6.09. The number of aliphatic carboxylic acids is 1. The van der Waals surface area contributed by atoms with Crippen LogP contribution in [0.15, 0.2) is 23.3 Å². The predicted molar refractivity (Wildman–Crippen MR) is 157 cm³/mol. The number of ether oxygens (including phenoxy) is 2. The van der Waals surface area contributed by atoms with E-state index in [2.05, 4.69) is 41.5 Å². The van der Waals surface area contributed by atoms with Gasteiger partial charge in [-0.2, -0.15) is 0 Å². The molecule has 0 amide bonds. The molecule has 0 aromatic heterocycles. The highest BCUT2D eigenvalue weighted by atomic mass is 16.6. The lowest BCUT2D eigenvalue weighted by Gasteiger charge is -2.74. The van der Waals surface area contributed by atoms with Gasteiger partial charge in [0.25, 0.3) is 0 Å². The van der Waals surface area contributed by atoms with Crippen molar-refractivity contribution < 1.29 is 34.1 Å². The van der Waals surface area contributed by atoms with E-state index in [0.29, 0.717) is 37.9 Å². The quantitative estimate of drug-likeness (QED) is 0.306. The van der Waals surface area contributed by atoms with Crippen LogP contribution in [-0.4, -0.2) is 46.4 Å². The lowest BCUT2D eigenvalue weighted by Crippen LogP contribution is -2.74. The zero-order valence-corrected chi connectivity index (χ0v) is 26.7. The first-order valence-electron chi connectivity index (χ1n) is 16.2. The zero-order valence-electron chi connectivity index (χ0n) is 26.7. The molecular formula is C35H50O7. The normalized spacial score (nSPS) is 50.9. The van der Waals surface area contributed by atoms with Gasteiger partial charge in [0, 0.05) is 34.7 Å². The van der Waals surface area contributed by atoms with Gasteiger partial charge in [-0.25, -0.2) is 4.79 Å². The summed E-state index contributed by atoms with van der Waals surface area (Å²) >= 11 is 0. The monoisotopic (exact) mass is 582 g/mol. The van der Waals surface area contributed by atoms with Gasteiger partial charge in [0.2, 0.25) is 0 Å². The minimum atomic E-state index is -1.28. The van der Waals surface area contributed by atoms with Crippen LogP contribution < -0.4 is 0 Å². The minimum absolute atomic E-state index is 0.00817. The number of carbonyl (C=O) groups excluding carboxylic acids is 2. The Morgan fingerprint density at radius 1 is 1.07 bits per heavy atom. The molecule has 7 rings (SSSR count). The van der Waals surface area contributed by atoms with Crippen LogP contribution >= 0.6 is 0 Å². The van der Waals surface area contributed by atoms with Crippen molar-refractivity contribution >= 4 is 17.7 Å². The van der Waals surface area contributed by atoms with Gasteiger partial charge in [-0.05, 0) is 87.0 Å². The zero-order chi connectivity index (χ0) is 30.8. The maximum atomic E-state index is 14.6. The van der Waals surface area contributed by atoms with Crippen molar-refractivity contribution in [1.29, 1.82) is 0 Å². The molecule has 232 valence electrons. The Morgan fingerprint density at radius 2 is 1.76 bits per heavy atom. The van der Waals surface area contributed by atoms with Crippen LogP contribution in [0.2, 0.25) is 0 Å². The summed E-state index contributed by atoms with van der Waals surface area (Å²) in [6.07, 6.45) is 7.34. The molecule has 2 bridgehead atoms. The lowest BCUT2D eigenvalue weighted by molar-refractivity contribution is -0.391. The SMILES string of the molecule is C/C=C(/C)C(=O)O[C@@H]1C[C@@H](C)[C@H](C)[C@H]2C3=CC(=O)[C@@H]4[C@]56CC[C@@](O)(OC5)C(C)(C)[C@@H]6CC[C@@]4(C)[C@]3(C)CC[C@]21C(=O)O. The summed E-state index contributed by atoms with van der Waals surface area (Å²) in [5.41, 5.74) is -1.43. The molecule has 7 heteroatoms. The van der Waals surface area contributed by atoms with Crippen molar-refractivity contribution in [3.05, 3.63) is 23.3 Å². The molecule has 5 aliphatic carbocycles. The number of rotatable bonds is 3.